The van der Waals surface area contributed by atoms with Gasteiger partial charge in [-0.25, -0.2) is 14.8 Å². The summed E-state index contributed by atoms with van der Waals surface area (Å²) >= 11 is 0. The lowest BCUT2D eigenvalue weighted by Crippen LogP contribution is -2.36. The second kappa shape index (κ2) is 4.81. The Labute approximate surface area is 109 Å². The molecule has 0 unspecified atom stereocenters. The van der Waals surface area contributed by atoms with Gasteiger partial charge in [0.05, 0.1) is 24.3 Å². The number of aromatic nitrogens is 2. The number of rotatable bonds is 2. The Morgan fingerprint density at radius 2 is 2.05 bits per heavy atom. The van der Waals surface area contributed by atoms with Crippen LogP contribution < -0.4 is 4.90 Å². The van der Waals surface area contributed by atoms with Gasteiger partial charge in [-0.1, -0.05) is 0 Å². The van der Waals surface area contributed by atoms with Crippen LogP contribution >= 0.6 is 0 Å². The first kappa shape index (κ1) is 11.9. The van der Waals surface area contributed by atoms with Crippen LogP contribution in [0.5, 0.6) is 0 Å². The van der Waals surface area contributed by atoms with Crippen LogP contribution in [-0.4, -0.2) is 47.3 Å². The SMILES string of the molecule is O=C(O)c1ccc2c(N3CCOCC3)ncnc2c1. The number of benzene rings is 1. The molecule has 6 heteroatoms. The molecule has 1 aromatic carbocycles. The number of aromatic carboxylic acids is 1. The van der Waals surface area contributed by atoms with Crippen molar-refractivity contribution in [1.29, 1.82) is 0 Å². The minimum Gasteiger partial charge on any atom is -0.478 e. The van der Waals surface area contributed by atoms with E-state index in [0.717, 1.165) is 24.3 Å². The lowest BCUT2D eigenvalue weighted by molar-refractivity contribution is 0.0697. The van der Waals surface area contributed by atoms with E-state index in [1.165, 1.54) is 6.33 Å². The number of carboxylic acids is 1. The summed E-state index contributed by atoms with van der Waals surface area (Å²) in [6, 6.07) is 4.92. The van der Waals surface area contributed by atoms with Crippen LogP contribution in [0.1, 0.15) is 10.4 Å². The molecule has 19 heavy (non-hydrogen) atoms. The second-order valence-electron chi connectivity index (χ2n) is 4.33. The first-order valence-electron chi connectivity index (χ1n) is 6.06. The zero-order valence-corrected chi connectivity index (χ0v) is 10.2. The molecule has 1 aromatic heterocycles. The van der Waals surface area contributed by atoms with Crippen LogP contribution in [0.3, 0.4) is 0 Å². The lowest BCUT2D eigenvalue weighted by Gasteiger charge is -2.28. The van der Waals surface area contributed by atoms with Crippen LogP contribution in [0.4, 0.5) is 5.82 Å². The van der Waals surface area contributed by atoms with Crippen molar-refractivity contribution in [2.45, 2.75) is 0 Å². The maximum atomic E-state index is 11.0. The standard InChI is InChI=1S/C13H13N3O3/c17-13(18)9-1-2-10-11(7-9)14-8-15-12(10)16-3-5-19-6-4-16/h1-2,7-8H,3-6H2,(H,17,18). The fraction of sp³-hybridized carbons (Fsp3) is 0.308. The molecule has 0 bridgehead atoms. The maximum absolute atomic E-state index is 11.0. The van der Waals surface area contributed by atoms with Gasteiger partial charge in [0.2, 0.25) is 0 Å². The molecular formula is C13H13N3O3. The number of nitrogens with zero attached hydrogens (tertiary/aromatic N) is 3. The van der Waals surface area contributed by atoms with E-state index >= 15 is 0 Å². The van der Waals surface area contributed by atoms with E-state index in [1.54, 1.807) is 18.2 Å². The van der Waals surface area contributed by atoms with Crippen molar-refractivity contribution >= 4 is 22.7 Å². The summed E-state index contributed by atoms with van der Waals surface area (Å²) in [4.78, 5) is 21.6. The highest BCUT2D eigenvalue weighted by molar-refractivity contribution is 5.96. The molecule has 0 radical (unpaired) electrons. The van der Waals surface area contributed by atoms with Gasteiger partial charge in [0, 0.05) is 18.5 Å². The monoisotopic (exact) mass is 259 g/mol. The number of carbonyl (C=O) groups is 1. The van der Waals surface area contributed by atoms with Crippen molar-refractivity contribution in [3.8, 4) is 0 Å². The van der Waals surface area contributed by atoms with E-state index in [1.807, 2.05) is 0 Å². The predicted octanol–water partition coefficient (Wildman–Crippen LogP) is 1.16. The van der Waals surface area contributed by atoms with E-state index in [0.29, 0.717) is 18.7 Å². The van der Waals surface area contributed by atoms with Gasteiger partial charge in [-0.05, 0) is 18.2 Å². The summed E-state index contributed by atoms with van der Waals surface area (Å²) in [5.74, 6) is -0.112. The highest BCUT2D eigenvalue weighted by atomic mass is 16.5. The number of hydrogen-bond donors (Lipinski definition) is 1. The molecule has 1 aliphatic rings. The molecular weight excluding hydrogens is 246 g/mol. The Kier molecular flexibility index (Phi) is 3.00. The molecule has 3 rings (SSSR count). The van der Waals surface area contributed by atoms with E-state index < -0.39 is 5.97 Å². The van der Waals surface area contributed by atoms with E-state index in [9.17, 15) is 4.79 Å². The van der Waals surface area contributed by atoms with Crippen LogP contribution in [0, 0.1) is 0 Å². The van der Waals surface area contributed by atoms with Crippen molar-refractivity contribution in [2.24, 2.45) is 0 Å². The van der Waals surface area contributed by atoms with Crippen molar-refractivity contribution in [3.05, 3.63) is 30.1 Å². The number of anilines is 1. The highest BCUT2D eigenvalue weighted by Gasteiger charge is 2.16. The minimum atomic E-state index is -0.951. The Morgan fingerprint density at radius 1 is 1.26 bits per heavy atom. The normalized spacial score (nSPS) is 15.7. The molecule has 2 heterocycles. The predicted molar refractivity (Wildman–Crippen MR) is 69.5 cm³/mol. The van der Waals surface area contributed by atoms with Crippen molar-refractivity contribution in [2.75, 3.05) is 31.2 Å². The molecule has 0 atom stereocenters. The number of fused-ring (bicyclic) bond motifs is 1. The number of ether oxygens (including phenoxy) is 1. The van der Waals surface area contributed by atoms with Gasteiger partial charge in [-0.15, -0.1) is 0 Å². The summed E-state index contributed by atoms with van der Waals surface area (Å²) in [6.45, 7) is 2.93. The minimum absolute atomic E-state index is 0.235. The van der Waals surface area contributed by atoms with E-state index in [-0.39, 0.29) is 5.56 Å². The van der Waals surface area contributed by atoms with Crippen molar-refractivity contribution < 1.29 is 14.6 Å². The van der Waals surface area contributed by atoms with Crippen molar-refractivity contribution in [1.82, 2.24) is 9.97 Å². The van der Waals surface area contributed by atoms with Gasteiger partial charge in [-0.2, -0.15) is 0 Å². The summed E-state index contributed by atoms with van der Waals surface area (Å²) in [6.07, 6.45) is 1.47. The molecule has 0 saturated carbocycles. The Balaban J connectivity index is 2.07. The quantitative estimate of drug-likeness (QED) is 0.872. The van der Waals surface area contributed by atoms with Gasteiger partial charge in [0.25, 0.3) is 0 Å². The van der Waals surface area contributed by atoms with Gasteiger partial charge in [0.15, 0.2) is 0 Å². The van der Waals surface area contributed by atoms with Gasteiger partial charge in [-0.3, -0.25) is 0 Å². The highest BCUT2D eigenvalue weighted by Crippen LogP contribution is 2.24. The zero-order chi connectivity index (χ0) is 13.2. The Hall–Kier alpha value is -2.21. The average Bonchev–Trinajstić information content (AvgIpc) is 2.47. The summed E-state index contributed by atoms with van der Waals surface area (Å²) in [7, 11) is 0. The first-order valence-corrected chi connectivity index (χ1v) is 6.06. The third-order valence-electron chi connectivity index (χ3n) is 3.17. The Bertz CT molecular complexity index is 624. The molecule has 6 nitrogen and oxygen atoms in total. The van der Waals surface area contributed by atoms with Gasteiger partial charge >= 0.3 is 5.97 Å². The molecule has 1 fully saturated rings. The fourth-order valence-electron chi connectivity index (χ4n) is 2.20. The number of carboxylic acid groups (broad SMARTS) is 1. The number of hydrogen-bond acceptors (Lipinski definition) is 5. The largest absolute Gasteiger partial charge is 0.478 e. The van der Waals surface area contributed by atoms with Crippen LogP contribution in [0.25, 0.3) is 10.9 Å². The first-order chi connectivity index (χ1) is 9.25. The van der Waals surface area contributed by atoms with Gasteiger partial charge < -0.3 is 14.7 Å². The fourth-order valence-corrected chi connectivity index (χ4v) is 2.20. The topological polar surface area (TPSA) is 75.5 Å². The summed E-state index contributed by atoms with van der Waals surface area (Å²) < 4.78 is 5.32. The van der Waals surface area contributed by atoms with E-state index in [4.69, 9.17) is 9.84 Å². The molecule has 1 N–H and O–H groups in total. The molecule has 2 aromatic rings. The van der Waals surface area contributed by atoms with Crippen molar-refractivity contribution in [3.63, 3.8) is 0 Å². The Morgan fingerprint density at radius 3 is 2.79 bits per heavy atom. The molecule has 98 valence electrons. The average molecular weight is 259 g/mol. The van der Waals surface area contributed by atoms with Crippen LogP contribution in [0.15, 0.2) is 24.5 Å². The molecule has 1 saturated heterocycles. The third kappa shape index (κ3) is 2.22. The van der Waals surface area contributed by atoms with Crippen LogP contribution in [-0.2, 0) is 4.74 Å². The molecule has 0 amide bonds. The summed E-state index contributed by atoms with van der Waals surface area (Å²) in [5, 5.41) is 9.86. The molecule has 1 aliphatic heterocycles. The zero-order valence-electron chi connectivity index (χ0n) is 10.2. The number of morpholine rings is 1. The molecule has 0 aliphatic carbocycles. The smallest absolute Gasteiger partial charge is 0.335 e. The second-order valence-corrected chi connectivity index (χ2v) is 4.33. The van der Waals surface area contributed by atoms with Crippen LogP contribution in [0.2, 0.25) is 0 Å². The third-order valence-corrected chi connectivity index (χ3v) is 3.17. The summed E-state index contributed by atoms with van der Waals surface area (Å²) in [5.41, 5.74) is 0.885. The molecule has 0 spiro atoms. The maximum Gasteiger partial charge on any atom is 0.335 e. The van der Waals surface area contributed by atoms with E-state index in [2.05, 4.69) is 14.9 Å². The van der Waals surface area contributed by atoms with Gasteiger partial charge in [0.1, 0.15) is 12.1 Å². The lowest BCUT2D eigenvalue weighted by atomic mass is 10.1.